The van der Waals surface area contributed by atoms with Crippen LogP contribution in [-0.2, 0) is 15.8 Å². The predicted molar refractivity (Wildman–Crippen MR) is 158 cm³/mol. The van der Waals surface area contributed by atoms with Crippen molar-refractivity contribution < 1.29 is 47.0 Å². The molecule has 9 nitrogen and oxygen atoms in total. The Morgan fingerprint density at radius 3 is 1.91 bits per heavy atom. The van der Waals surface area contributed by atoms with Gasteiger partial charge in [-0.05, 0) is 86.6 Å². The molecule has 13 heteroatoms. The Morgan fingerprint density at radius 2 is 1.38 bits per heavy atom. The maximum atomic E-state index is 13.8. The number of carbonyl (C=O) groups is 4. The average Bonchev–Trinajstić information content (AvgIpc) is 3.01. The fourth-order valence-corrected chi connectivity index (χ4v) is 4.71. The lowest BCUT2D eigenvalue weighted by Gasteiger charge is -2.33. The van der Waals surface area contributed by atoms with Crippen molar-refractivity contribution in [2.24, 2.45) is 5.92 Å². The van der Waals surface area contributed by atoms with Gasteiger partial charge in [0.2, 0.25) is 0 Å². The molecule has 1 fully saturated rings. The first-order chi connectivity index (χ1) is 21.3. The number of carbonyl (C=O) groups excluding carboxylic acids is 2. The summed E-state index contributed by atoms with van der Waals surface area (Å²) < 4.78 is 54.5. The Labute approximate surface area is 256 Å². The summed E-state index contributed by atoms with van der Waals surface area (Å²) in [7, 11) is 0. The minimum atomic E-state index is -4.63. The second-order valence-corrected chi connectivity index (χ2v) is 10.1. The molecule has 238 valence electrons. The van der Waals surface area contributed by atoms with Crippen LogP contribution in [0.2, 0.25) is 0 Å². The maximum Gasteiger partial charge on any atom is 0.418 e. The highest BCUT2D eigenvalue weighted by Crippen LogP contribution is 2.37. The van der Waals surface area contributed by atoms with Crippen molar-refractivity contribution in [3.8, 4) is 0 Å². The Balaban J connectivity index is 0.000000610. The van der Waals surface area contributed by atoms with E-state index < -0.39 is 35.4 Å². The number of benzene rings is 3. The molecule has 0 atom stereocenters. The maximum absolute atomic E-state index is 13.8. The quantitative estimate of drug-likeness (QED) is 0.124. The van der Waals surface area contributed by atoms with Gasteiger partial charge in [0, 0.05) is 48.0 Å². The van der Waals surface area contributed by atoms with Gasteiger partial charge in [0.1, 0.15) is 5.82 Å². The number of aliphatic carboxylic acids is 2. The highest BCUT2D eigenvalue weighted by Gasteiger charge is 2.36. The van der Waals surface area contributed by atoms with Crippen molar-refractivity contribution in [1.82, 2.24) is 4.90 Å². The highest BCUT2D eigenvalue weighted by molar-refractivity contribution is 6.06. The summed E-state index contributed by atoms with van der Waals surface area (Å²) >= 11 is 0. The number of amides is 1. The van der Waals surface area contributed by atoms with Crippen LogP contribution in [0.3, 0.4) is 0 Å². The number of carboxylic acid groups (broad SMARTS) is 2. The van der Waals surface area contributed by atoms with E-state index in [2.05, 4.69) is 0 Å². The normalized spacial score (nSPS) is 14.0. The number of likely N-dealkylation sites (tertiary alicyclic amines) is 1. The topological polar surface area (TPSA) is 141 Å². The number of piperidine rings is 1. The third-order valence-electron chi connectivity index (χ3n) is 7.00. The second-order valence-electron chi connectivity index (χ2n) is 10.1. The fraction of sp³-hybridized carbons (Fsp3) is 0.250. The molecule has 1 saturated heterocycles. The summed E-state index contributed by atoms with van der Waals surface area (Å²) in [5, 5.41) is 15.6. The van der Waals surface area contributed by atoms with Crippen molar-refractivity contribution >= 4 is 35.0 Å². The van der Waals surface area contributed by atoms with Crippen molar-refractivity contribution in [3.63, 3.8) is 0 Å². The number of hydrogen-bond donors (Lipinski definition) is 3. The smallest absolute Gasteiger partial charge is 0.418 e. The summed E-state index contributed by atoms with van der Waals surface area (Å²) in [6.07, 6.45) is -2.37. The molecule has 1 amide bonds. The van der Waals surface area contributed by atoms with Crippen LogP contribution in [0.5, 0.6) is 0 Å². The lowest BCUT2D eigenvalue weighted by molar-refractivity contribution is -0.137. The number of Topliss-reactive ketones (excluding diaryl/α,β-unsaturated/α-hetero) is 1. The minimum absolute atomic E-state index is 0.0346. The Hall–Kier alpha value is -5.04. The summed E-state index contributed by atoms with van der Waals surface area (Å²) in [5.41, 5.74) is 5.74. The monoisotopic (exact) mass is 629 g/mol. The zero-order valence-corrected chi connectivity index (χ0v) is 23.9. The third-order valence-corrected chi connectivity index (χ3v) is 7.00. The van der Waals surface area contributed by atoms with Gasteiger partial charge in [-0.25, -0.2) is 14.0 Å². The van der Waals surface area contributed by atoms with Gasteiger partial charge in [-0.3, -0.25) is 9.59 Å². The SMILES string of the molecule is Nc1ccc(C(=O)N(CCN2CCC(C(=O)c3ccc(F)cc3)CC2)c2ccccc2C(F)(F)F)cc1.O=C(O)C=CC(=O)O. The second kappa shape index (κ2) is 15.6. The summed E-state index contributed by atoms with van der Waals surface area (Å²) in [6, 6.07) is 16.5. The minimum Gasteiger partial charge on any atom is -0.478 e. The van der Waals surface area contributed by atoms with E-state index in [0.717, 1.165) is 11.0 Å². The van der Waals surface area contributed by atoms with Gasteiger partial charge in [0.15, 0.2) is 5.78 Å². The van der Waals surface area contributed by atoms with E-state index >= 15 is 0 Å². The van der Waals surface area contributed by atoms with Crippen LogP contribution in [0.4, 0.5) is 28.9 Å². The number of ketones is 1. The molecule has 0 saturated carbocycles. The van der Waals surface area contributed by atoms with Crippen LogP contribution >= 0.6 is 0 Å². The van der Waals surface area contributed by atoms with Gasteiger partial charge in [-0.2, -0.15) is 13.2 Å². The fourth-order valence-electron chi connectivity index (χ4n) is 4.71. The van der Waals surface area contributed by atoms with Gasteiger partial charge in [-0.1, -0.05) is 12.1 Å². The molecule has 0 bridgehead atoms. The Bertz CT molecular complexity index is 1500. The first-order valence-corrected chi connectivity index (χ1v) is 13.8. The molecule has 1 heterocycles. The number of carboxylic acids is 2. The molecule has 45 heavy (non-hydrogen) atoms. The van der Waals surface area contributed by atoms with E-state index in [1.165, 1.54) is 66.7 Å². The Kier molecular flexibility index (Phi) is 12.0. The summed E-state index contributed by atoms with van der Waals surface area (Å²) in [5.74, 6) is -3.73. The lowest BCUT2D eigenvalue weighted by atomic mass is 9.89. The number of nitrogen functional groups attached to an aromatic ring is 1. The van der Waals surface area contributed by atoms with Crippen molar-refractivity contribution in [1.29, 1.82) is 0 Å². The first kappa shape index (κ1) is 34.5. The number of halogens is 4. The highest BCUT2D eigenvalue weighted by atomic mass is 19.4. The number of anilines is 2. The molecule has 3 aromatic rings. The van der Waals surface area contributed by atoms with Crippen LogP contribution in [0, 0.1) is 11.7 Å². The van der Waals surface area contributed by atoms with E-state index in [1.807, 2.05) is 4.90 Å². The molecule has 0 radical (unpaired) electrons. The van der Waals surface area contributed by atoms with Crippen LogP contribution in [0.15, 0.2) is 84.9 Å². The van der Waals surface area contributed by atoms with E-state index in [9.17, 15) is 36.7 Å². The molecule has 0 aromatic heterocycles. The molecule has 1 aliphatic heterocycles. The Morgan fingerprint density at radius 1 is 0.844 bits per heavy atom. The molecular weight excluding hydrogens is 598 g/mol. The number of para-hydroxylation sites is 1. The summed E-state index contributed by atoms with van der Waals surface area (Å²) in [4.78, 5) is 48.4. The standard InChI is InChI=1S/C28H27F4N3O2.C4H4O4/c29-22-9-5-19(6-10-22)26(36)20-13-15-34(16-14-20)17-18-35(27(37)21-7-11-23(33)12-8-21)25-4-2-1-3-24(25)28(30,31)32;5-3(6)1-2-4(7)8/h1-12,20H,13-18,33H2;1-2H,(H,5,6)(H,7,8). The zero-order chi connectivity index (χ0) is 33.1. The van der Waals surface area contributed by atoms with Gasteiger partial charge in [0.25, 0.3) is 5.91 Å². The van der Waals surface area contributed by atoms with Crippen LogP contribution in [0.1, 0.15) is 39.1 Å². The van der Waals surface area contributed by atoms with E-state index in [1.54, 1.807) is 0 Å². The molecular formula is C32H31F4N3O6. The van der Waals surface area contributed by atoms with Crippen molar-refractivity contribution in [3.05, 3.63) is 107 Å². The van der Waals surface area contributed by atoms with Gasteiger partial charge in [-0.15, -0.1) is 0 Å². The van der Waals surface area contributed by atoms with E-state index in [4.69, 9.17) is 15.9 Å². The van der Waals surface area contributed by atoms with Gasteiger partial charge < -0.3 is 25.7 Å². The number of nitrogens with two attached hydrogens (primary N) is 1. The molecule has 3 aromatic carbocycles. The predicted octanol–water partition coefficient (Wildman–Crippen LogP) is 5.38. The number of hydrogen-bond acceptors (Lipinski definition) is 6. The van der Waals surface area contributed by atoms with E-state index in [0.29, 0.717) is 55.9 Å². The van der Waals surface area contributed by atoms with Crippen molar-refractivity contribution in [2.45, 2.75) is 19.0 Å². The molecule has 0 unspecified atom stereocenters. The lowest BCUT2D eigenvalue weighted by Crippen LogP contribution is -2.43. The molecule has 0 spiro atoms. The number of alkyl halides is 3. The van der Waals surface area contributed by atoms with Crippen LogP contribution in [0.25, 0.3) is 0 Å². The van der Waals surface area contributed by atoms with Gasteiger partial charge in [0.05, 0.1) is 11.3 Å². The third kappa shape index (κ3) is 10.3. The van der Waals surface area contributed by atoms with E-state index in [-0.39, 0.29) is 29.5 Å². The van der Waals surface area contributed by atoms with Crippen molar-refractivity contribution in [2.75, 3.05) is 36.8 Å². The summed E-state index contributed by atoms with van der Waals surface area (Å²) in [6.45, 7) is 1.49. The molecule has 4 N–H and O–H groups in total. The van der Waals surface area contributed by atoms with Crippen LogP contribution in [-0.4, -0.2) is 64.9 Å². The number of rotatable bonds is 9. The zero-order valence-electron chi connectivity index (χ0n) is 23.9. The van der Waals surface area contributed by atoms with Gasteiger partial charge >= 0.3 is 18.1 Å². The average molecular weight is 630 g/mol. The number of nitrogens with zero attached hydrogens (tertiary/aromatic N) is 2. The molecule has 1 aliphatic rings. The first-order valence-electron chi connectivity index (χ1n) is 13.8. The molecule has 4 rings (SSSR count). The molecule has 0 aliphatic carbocycles. The van der Waals surface area contributed by atoms with Crippen LogP contribution < -0.4 is 10.6 Å². The largest absolute Gasteiger partial charge is 0.478 e.